The van der Waals surface area contributed by atoms with E-state index in [0.29, 0.717) is 22.9 Å². The van der Waals surface area contributed by atoms with Gasteiger partial charge in [0.1, 0.15) is 17.3 Å². The predicted octanol–water partition coefficient (Wildman–Crippen LogP) is 6.59. The van der Waals surface area contributed by atoms with Gasteiger partial charge in [0.15, 0.2) is 5.65 Å². The highest BCUT2D eigenvalue weighted by Gasteiger charge is 2.20. The van der Waals surface area contributed by atoms with E-state index in [1.807, 2.05) is 41.4 Å². The van der Waals surface area contributed by atoms with Crippen molar-refractivity contribution in [1.29, 1.82) is 0 Å². The average Bonchev–Trinajstić information content (AvgIpc) is 3.63. The molecule has 9 heteroatoms. The molecule has 0 radical (unpaired) electrons. The lowest BCUT2D eigenvalue weighted by Crippen LogP contribution is -2.17. The summed E-state index contributed by atoms with van der Waals surface area (Å²) < 4.78 is 34.0. The zero-order valence-electron chi connectivity index (χ0n) is 22.0. The van der Waals surface area contributed by atoms with Gasteiger partial charge in [0.2, 0.25) is 0 Å². The van der Waals surface area contributed by atoms with Crippen molar-refractivity contribution in [3.8, 4) is 28.5 Å². The third kappa shape index (κ3) is 4.50. The molecule has 6 aromatic rings. The van der Waals surface area contributed by atoms with Crippen LogP contribution in [0.3, 0.4) is 0 Å². The van der Waals surface area contributed by atoms with Gasteiger partial charge in [-0.25, -0.2) is 18.3 Å². The maximum absolute atomic E-state index is 15.0. The van der Waals surface area contributed by atoms with Gasteiger partial charge in [-0.05, 0) is 73.9 Å². The molecule has 0 aliphatic carbocycles. The molecule has 196 valence electrons. The van der Waals surface area contributed by atoms with Crippen LogP contribution in [0.5, 0.6) is 0 Å². The molecule has 0 fully saturated rings. The van der Waals surface area contributed by atoms with E-state index in [9.17, 15) is 4.39 Å². The Hall–Kier alpha value is -4.66. The van der Waals surface area contributed by atoms with Gasteiger partial charge in [0.25, 0.3) is 5.95 Å². The minimum absolute atomic E-state index is 0.0867. The van der Waals surface area contributed by atoms with Gasteiger partial charge in [-0.3, -0.25) is 9.25 Å². The van der Waals surface area contributed by atoms with Crippen molar-refractivity contribution in [3.05, 3.63) is 108 Å². The van der Waals surface area contributed by atoms with E-state index in [4.69, 9.17) is 0 Å². The van der Waals surface area contributed by atoms with E-state index < -0.39 is 5.82 Å². The summed E-state index contributed by atoms with van der Waals surface area (Å²) in [5.41, 5.74) is 5.79. The summed E-state index contributed by atoms with van der Waals surface area (Å²) >= 11 is 0. The molecule has 7 nitrogen and oxygen atoms in total. The van der Waals surface area contributed by atoms with Crippen molar-refractivity contribution < 1.29 is 8.78 Å². The Morgan fingerprint density at radius 3 is 2.28 bits per heavy atom. The third-order valence-corrected chi connectivity index (χ3v) is 6.94. The fourth-order valence-electron chi connectivity index (χ4n) is 5.03. The Bertz CT molecular complexity index is 1770. The van der Waals surface area contributed by atoms with E-state index in [0.717, 1.165) is 22.5 Å². The lowest BCUT2D eigenvalue weighted by molar-refractivity contribution is 0.402. The molecule has 1 atom stereocenters. The van der Waals surface area contributed by atoms with Gasteiger partial charge in [-0.2, -0.15) is 10.1 Å². The predicted molar refractivity (Wildman–Crippen MR) is 146 cm³/mol. The Kier molecular flexibility index (Phi) is 6.06. The Balaban J connectivity index is 1.35. The fraction of sp³-hybridized carbons (Fsp3) is 0.200. The highest BCUT2D eigenvalue weighted by atomic mass is 19.1. The molecule has 0 amide bonds. The van der Waals surface area contributed by atoms with Crippen LogP contribution in [0.2, 0.25) is 0 Å². The fourth-order valence-corrected chi connectivity index (χ4v) is 5.03. The van der Waals surface area contributed by atoms with Crippen LogP contribution in [-0.4, -0.2) is 33.9 Å². The molecule has 1 unspecified atom stereocenters. The van der Waals surface area contributed by atoms with Crippen molar-refractivity contribution in [2.24, 2.45) is 5.92 Å². The van der Waals surface area contributed by atoms with Crippen LogP contribution in [0.1, 0.15) is 36.8 Å². The number of hydrogen-bond donors (Lipinski definition) is 0. The second kappa shape index (κ2) is 9.58. The highest BCUT2D eigenvalue weighted by molar-refractivity contribution is 5.68. The number of halogens is 2. The number of fused-ring (bicyclic) bond motifs is 1. The standard InChI is InChI=1S/C30H27F2N7/c1-18(2)29(21-7-9-24(31)10-8-21)38-17-23(16-33-38)26-12-11-25(32)28(34-26)22-13-14-37-27(15-22)35-30(36-37)39-19(3)5-6-20(39)4/h5-18,29H,1-4H3. The number of rotatable bonds is 6. The molecule has 0 aliphatic heterocycles. The quantitative estimate of drug-likeness (QED) is 0.247. The van der Waals surface area contributed by atoms with E-state index >= 15 is 4.39 Å². The summed E-state index contributed by atoms with van der Waals surface area (Å²) in [5.74, 6) is 0.0566. The summed E-state index contributed by atoms with van der Waals surface area (Å²) in [7, 11) is 0. The number of benzene rings is 1. The first-order chi connectivity index (χ1) is 18.8. The lowest BCUT2D eigenvalue weighted by Gasteiger charge is -2.22. The van der Waals surface area contributed by atoms with Gasteiger partial charge in [0.05, 0.1) is 17.9 Å². The van der Waals surface area contributed by atoms with Crippen LogP contribution in [0.15, 0.2) is 79.3 Å². The van der Waals surface area contributed by atoms with Gasteiger partial charge in [0, 0.05) is 34.9 Å². The summed E-state index contributed by atoms with van der Waals surface area (Å²) in [4.78, 5) is 9.34. The molecule has 0 N–H and O–H groups in total. The molecule has 1 aromatic carbocycles. The highest BCUT2D eigenvalue weighted by Crippen LogP contribution is 2.30. The van der Waals surface area contributed by atoms with Crippen molar-refractivity contribution >= 4 is 5.65 Å². The van der Waals surface area contributed by atoms with Crippen LogP contribution in [-0.2, 0) is 0 Å². The molecule has 5 heterocycles. The molecular formula is C30H27F2N7. The first-order valence-corrected chi connectivity index (χ1v) is 12.8. The lowest BCUT2D eigenvalue weighted by atomic mass is 9.96. The van der Waals surface area contributed by atoms with Crippen LogP contribution in [0.4, 0.5) is 8.78 Å². The number of hydrogen-bond acceptors (Lipinski definition) is 4. The Morgan fingerprint density at radius 2 is 1.56 bits per heavy atom. The molecule has 0 saturated carbocycles. The van der Waals surface area contributed by atoms with Crippen molar-refractivity contribution in [3.63, 3.8) is 0 Å². The minimum atomic E-state index is -0.432. The van der Waals surface area contributed by atoms with Crippen LogP contribution in [0.25, 0.3) is 34.1 Å². The molecule has 0 saturated heterocycles. The minimum Gasteiger partial charge on any atom is -0.286 e. The molecule has 6 rings (SSSR count). The topological polar surface area (TPSA) is 65.8 Å². The molecule has 0 aliphatic rings. The average molecular weight is 524 g/mol. The molecule has 39 heavy (non-hydrogen) atoms. The van der Waals surface area contributed by atoms with Gasteiger partial charge in [-0.1, -0.05) is 26.0 Å². The van der Waals surface area contributed by atoms with Crippen molar-refractivity contribution in [1.82, 2.24) is 33.9 Å². The number of pyridine rings is 2. The molecule has 0 bridgehead atoms. The van der Waals surface area contributed by atoms with E-state index in [2.05, 4.69) is 34.0 Å². The zero-order valence-corrected chi connectivity index (χ0v) is 22.0. The largest absolute Gasteiger partial charge is 0.286 e. The van der Waals surface area contributed by atoms with Gasteiger partial charge in [-0.15, -0.1) is 5.10 Å². The van der Waals surface area contributed by atoms with E-state index in [-0.39, 0.29) is 23.5 Å². The van der Waals surface area contributed by atoms with Gasteiger partial charge >= 0.3 is 0 Å². The zero-order chi connectivity index (χ0) is 27.3. The van der Waals surface area contributed by atoms with Crippen LogP contribution >= 0.6 is 0 Å². The van der Waals surface area contributed by atoms with Crippen LogP contribution < -0.4 is 0 Å². The second-order valence-electron chi connectivity index (χ2n) is 10.1. The van der Waals surface area contributed by atoms with Crippen LogP contribution in [0, 0.1) is 31.4 Å². The second-order valence-corrected chi connectivity index (χ2v) is 10.1. The molecule has 5 aromatic heterocycles. The molecule has 0 spiro atoms. The van der Waals surface area contributed by atoms with Gasteiger partial charge < -0.3 is 0 Å². The smallest absolute Gasteiger partial charge is 0.254 e. The monoisotopic (exact) mass is 523 g/mol. The Morgan fingerprint density at radius 1 is 0.821 bits per heavy atom. The first kappa shape index (κ1) is 24.7. The summed E-state index contributed by atoms with van der Waals surface area (Å²) in [6, 6.07) is 17.0. The number of aryl methyl sites for hydroxylation is 2. The van der Waals surface area contributed by atoms with Crippen molar-refractivity contribution in [2.75, 3.05) is 0 Å². The summed E-state index contributed by atoms with van der Waals surface area (Å²) in [6.45, 7) is 8.18. The maximum Gasteiger partial charge on any atom is 0.254 e. The van der Waals surface area contributed by atoms with Crippen molar-refractivity contribution in [2.45, 2.75) is 33.7 Å². The normalized spacial score (nSPS) is 12.5. The van der Waals surface area contributed by atoms with E-state index in [1.165, 1.54) is 18.2 Å². The third-order valence-electron chi connectivity index (χ3n) is 6.94. The summed E-state index contributed by atoms with van der Waals surface area (Å²) in [5, 5.41) is 9.17. The number of aromatic nitrogens is 7. The maximum atomic E-state index is 15.0. The number of nitrogens with zero attached hydrogens (tertiary/aromatic N) is 7. The summed E-state index contributed by atoms with van der Waals surface area (Å²) in [6.07, 6.45) is 5.38. The SMILES string of the molecule is Cc1ccc(C)n1-c1nc2cc(-c3nc(-c4cnn(C(c5ccc(F)cc5)C(C)C)c4)ccc3F)ccn2n1. The van der Waals surface area contributed by atoms with E-state index in [1.54, 1.807) is 47.2 Å². The first-order valence-electron chi connectivity index (χ1n) is 12.8. The Labute approximate surface area is 224 Å². The molecular weight excluding hydrogens is 496 g/mol.